The van der Waals surface area contributed by atoms with Crippen LogP contribution in [0.25, 0.3) is 0 Å². The van der Waals surface area contributed by atoms with E-state index >= 15 is 0 Å². The molecule has 12 heteroatoms. The van der Waals surface area contributed by atoms with Crippen LogP contribution < -0.4 is 0 Å². The van der Waals surface area contributed by atoms with E-state index in [0.717, 1.165) is 5.01 Å². The number of rotatable bonds is 3. The summed E-state index contributed by atoms with van der Waals surface area (Å²) in [5.74, 6) is 0. The maximum atomic E-state index is 9.89. The molecule has 0 aromatic carbocycles. The van der Waals surface area contributed by atoms with Crippen molar-refractivity contribution in [3.05, 3.63) is 30.3 Å². The SMILES string of the molecule is CCN(CC)[N+](=O)[O-].O=[N+]([O-])O.O=[N+]([O-])O. The van der Waals surface area contributed by atoms with Crippen molar-refractivity contribution in [2.75, 3.05) is 13.1 Å². The van der Waals surface area contributed by atoms with Crippen LogP contribution in [0.15, 0.2) is 0 Å². The minimum Gasteiger partial charge on any atom is -0.328 e. The molecule has 0 aliphatic rings. The number of hydrogen-bond acceptors (Lipinski definition) is 6. The molecule has 0 radical (unpaired) electrons. The Morgan fingerprint density at radius 2 is 1.12 bits per heavy atom. The third kappa shape index (κ3) is 41.6. The molecule has 0 aliphatic heterocycles. The molecule has 0 heterocycles. The minimum atomic E-state index is -1.50. The topological polar surface area (TPSA) is 173 Å². The number of hydrogen-bond donors (Lipinski definition) is 2. The van der Waals surface area contributed by atoms with Crippen molar-refractivity contribution < 1.29 is 25.6 Å². The van der Waals surface area contributed by atoms with E-state index in [1.165, 1.54) is 0 Å². The molecule has 0 spiro atoms. The first-order chi connectivity index (χ1) is 7.18. The van der Waals surface area contributed by atoms with Crippen LogP contribution in [0.1, 0.15) is 13.8 Å². The van der Waals surface area contributed by atoms with Crippen molar-refractivity contribution in [2.24, 2.45) is 0 Å². The Kier molecular flexibility index (Phi) is 15.1. The standard InChI is InChI=1S/C4H10N2O2.2HNO3/c1-3-5(4-2)6(7)8;2*2-1(3)4/h3-4H2,1-2H3;2*(H,2,3,4). The Balaban J connectivity index is -0.000000179. The molecule has 0 atom stereocenters. The average Bonchev–Trinajstić information content (AvgIpc) is 2.03. The highest BCUT2D eigenvalue weighted by atomic mass is 16.9. The summed E-state index contributed by atoms with van der Waals surface area (Å²) in [4.78, 5) is 26.6. The molecule has 0 saturated heterocycles. The van der Waals surface area contributed by atoms with Crippen LogP contribution in [-0.2, 0) is 0 Å². The lowest BCUT2D eigenvalue weighted by Crippen LogP contribution is -2.28. The fourth-order valence-corrected chi connectivity index (χ4v) is 0.455. The summed E-state index contributed by atoms with van der Waals surface area (Å²) in [6.07, 6.45) is 0. The maximum absolute atomic E-state index is 9.89. The molecular weight excluding hydrogens is 232 g/mol. The predicted octanol–water partition coefficient (Wildman–Crippen LogP) is -0.175. The third-order valence-electron chi connectivity index (χ3n) is 0.961. The van der Waals surface area contributed by atoms with E-state index in [4.69, 9.17) is 30.6 Å². The van der Waals surface area contributed by atoms with Gasteiger partial charge in [0, 0.05) is 0 Å². The van der Waals surface area contributed by atoms with Gasteiger partial charge in [-0.2, -0.15) is 0 Å². The molecule has 96 valence electrons. The molecule has 16 heavy (non-hydrogen) atoms. The summed E-state index contributed by atoms with van der Waals surface area (Å²) in [6.45, 7) is 4.46. The Morgan fingerprint density at radius 3 is 1.12 bits per heavy atom. The summed E-state index contributed by atoms with van der Waals surface area (Å²) in [7, 11) is 0. The normalized spacial score (nSPS) is 7.38. The second-order valence-electron chi connectivity index (χ2n) is 1.85. The molecule has 0 unspecified atom stereocenters. The van der Waals surface area contributed by atoms with Crippen LogP contribution in [0.2, 0.25) is 0 Å². The Labute approximate surface area is 89.0 Å². The quantitative estimate of drug-likeness (QED) is 0.504. The lowest BCUT2D eigenvalue weighted by Gasteiger charge is -2.06. The lowest BCUT2D eigenvalue weighted by atomic mass is 10.6. The van der Waals surface area contributed by atoms with Crippen LogP contribution in [0.3, 0.4) is 0 Å². The summed E-state index contributed by atoms with van der Waals surface area (Å²) in [6, 6.07) is 0. The van der Waals surface area contributed by atoms with E-state index in [1.54, 1.807) is 13.8 Å². The summed E-state index contributed by atoms with van der Waals surface area (Å²) in [5.41, 5.74) is 0. The Morgan fingerprint density at radius 1 is 0.938 bits per heavy atom. The number of nitrogens with zero attached hydrogens (tertiary/aromatic N) is 4. The van der Waals surface area contributed by atoms with Crippen molar-refractivity contribution in [1.29, 1.82) is 0 Å². The van der Waals surface area contributed by atoms with Gasteiger partial charge < -0.3 is 10.4 Å². The third-order valence-corrected chi connectivity index (χ3v) is 0.961. The van der Waals surface area contributed by atoms with Crippen LogP contribution >= 0.6 is 0 Å². The van der Waals surface area contributed by atoms with Crippen LogP contribution in [-0.4, -0.2) is 43.7 Å². The first-order valence-electron chi connectivity index (χ1n) is 3.74. The summed E-state index contributed by atoms with van der Waals surface area (Å²) < 4.78 is 0. The van der Waals surface area contributed by atoms with E-state index in [-0.39, 0.29) is 5.03 Å². The van der Waals surface area contributed by atoms with Gasteiger partial charge in [-0.25, -0.2) is 10.1 Å². The predicted molar refractivity (Wildman–Crippen MR) is 47.5 cm³/mol. The first kappa shape index (κ1) is 19.2. The first-order valence-corrected chi connectivity index (χ1v) is 3.74. The van der Waals surface area contributed by atoms with Crippen LogP contribution in [0.5, 0.6) is 0 Å². The fraction of sp³-hybridized carbons (Fsp3) is 1.00. The van der Waals surface area contributed by atoms with Gasteiger partial charge in [0.05, 0.1) is 13.1 Å². The van der Waals surface area contributed by atoms with Crippen LogP contribution in [0.4, 0.5) is 0 Å². The molecule has 0 rings (SSSR count). The maximum Gasteiger partial charge on any atom is 0.291 e. The molecule has 0 amide bonds. The van der Waals surface area contributed by atoms with Gasteiger partial charge in [0.15, 0.2) is 5.03 Å². The van der Waals surface area contributed by atoms with E-state index in [0.29, 0.717) is 13.1 Å². The zero-order valence-electron chi connectivity index (χ0n) is 8.55. The average molecular weight is 244 g/mol. The van der Waals surface area contributed by atoms with E-state index in [2.05, 4.69) is 0 Å². The van der Waals surface area contributed by atoms with Gasteiger partial charge in [0.25, 0.3) is 10.2 Å². The zero-order chi connectivity index (χ0) is 13.7. The van der Waals surface area contributed by atoms with E-state index in [1.807, 2.05) is 0 Å². The van der Waals surface area contributed by atoms with E-state index < -0.39 is 10.2 Å². The molecule has 0 bridgehead atoms. The van der Waals surface area contributed by atoms with Crippen molar-refractivity contribution >= 4 is 0 Å². The minimum absolute atomic E-state index is 0.389. The van der Waals surface area contributed by atoms with Gasteiger partial charge in [0.1, 0.15) is 0 Å². The summed E-state index contributed by atoms with van der Waals surface area (Å²) in [5, 5.41) is 37.9. The molecule has 0 aromatic rings. The van der Waals surface area contributed by atoms with E-state index in [9.17, 15) is 10.1 Å². The van der Waals surface area contributed by atoms with Gasteiger partial charge >= 0.3 is 0 Å². The highest BCUT2D eigenvalue weighted by Crippen LogP contribution is 1.83. The molecule has 2 N–H and O–H groups in total. The van der Waals surface area contributed by atoms with Gasteiger partial charge in [0.2, 0.25) is 0 Å². The van der Waals surface area contributed by atoms with Gasteiger partial charge in [-0.1, -0.05) is 0 Å². The van der Waals surface area contributed by atoms with Crippen LogP contribution in [0, 0.1) is 30.3 Å². The Hall–Kier alpha value is -2.40. The lowest BCUT2D eigenvalue weighted by molar-refractivity contribution is -0.742. The van der Waals surface area contributed by atoms with Crippen molar-refractivity contribution in [3.63, 3.8) is 0 Å². The molecule has 12 nitrogen and oxygen atoms in total. The van der Waals surface area contributed by atoms with Gasteiger partial charge in [-0.3, -0.25) is 0 Å². The molecule has 0 aliphatic carbocycles. The molecule has 0 saturated carbocycles. The smallest absolute Gasteiger partial charge is 0.291 e. The Bertz CT molecular complexity index is 196. The van der Waals surface area contributed by atoms with Crippen molar-refractivity contribution in [3.8, 4) is 0 Å². The zero-order valence-corrected chi connectivity index (χ0v) is 8.55. The fourth-order valence-electron chi connectivity index (χ4n) is 0.455. The second kappa shape index (κ2) is 12.6. The number of nitro groups is 1. The molecule has 0 aromatic heterocycles. The summed E-state index contributed by atoms with van der Waals surface area (Å²) >= 11 is 0. The largest absolute Gasteiger partial charge is 0.328 e. The highest BCUT2D eigenvalue weighted by Gasteiger charge is 2.04. The number of hydrazine groups is 1. The van der Waals surface area contributed by atoms with Crippen molar-refractivity contribution in [2.45, 2.75) is 13.8 Å². The molecular formula is C4H12N4O8. The van der Waals surface area contributed by atoms with Gasteiger partial charge in [-0.15, -0.1) is 25.2 Å². The highest BCUT2D eigenvalue weighted by molar-refractivity contribution is 4.30. The monoisotopic (exact) mass is 244 g/mol. The molecule has 0 fully saturated rings. The van der Waals surface area contributed by atoms with Crippen molar-refractivity contribution in [1.82, 2.24) is 5.01 Å². The second-order valence-corrected chi connectivity index (χ2v) is 1.85. The van der Waals surface area contributed by atoms with Gasteiger partial charge in [-0.05, 0) is 13.8 Å².